The molecule has 0 spiro atoms. The van der Waals surface area contributed by atoms with Gasteiger partial charge in [0.1, 0.15) is 17.5 Å². The fourth-order valence-corrected chi connectivity index (χ4v) is 3.69. The van der Waals surface area contributed by atoms with Crippen LogP contribution in [0.25, 0.3) is 10.9 Å². The Hall–Kier alpha value is -2.21. The van der Waals surface area contributed by atoms with Gasteiger partial charge in [0.2, 0.25) is 5.62 Å². The third kappa shape index (κ3) is 3.97. The predicted molar refractivity (Wildman–Crippen MR) is 107 cm³/mol. The summed E-state index contributed by atoms with van der Waals surface area (Å²) in [5.41, 5.74) is -0.360. The van der Waals surface area contributed by atoms with Gasteiger partial charge < -0.3 is 4.90 Å². The first-order valence-corrected chi connectivity index (χ1v) is 9.15. The van der Waals surface area contributed by atoms with Crippen molar-refractivity contribution in [3.8, 4) is 0 Å². The largest absolute Gasteiger partial charge is 0.320 e. The van der Waals surface area contributed by atoms with Crippen LogP contribution in [-0.4, -0.2) is 28.9 Å². The summed E-state index contributed by atoms with van der Waals surface area (Å²) < 4.78 is 56.0. The Morgan fingerprint density at radius 3 is 2.46 bits per heavy atom. The van der Waals surface area contributed by atoms with Crippen LogP contribution in [0.4, 0.5) is 29.1 Å². The molecule has 0 saturated heterocycles. The Bertz CT molecular complexity index is 1110. The first-order valence-electron chi connectivity index (χ1n) is 7.69. The minimum absolute atomic E-state index is 0.00409. The zero-order chi connectivity index (χ0) is 20.6. The molecule has 0 aliphatic carbocycles. The molecule has 3 aromatic rings. The maximum absolute atomic E-state index is 14.0. The van der Waals surface area contributed by atoms with E-state index in [2.05, 4.69) is 4.98 Å². The lowest BCUT2D eigenvalue weighted by molar-refractivity contribution is 0.157. The number of benzene rings is 2. The van der Waals surface area contributed by atoms with Crippen molar-refractivity contribution in [3.05, 3.63) is 56.2 Å². The predicted octanol–water partition coefficient (Wildman–Crippen LogP) is 4.91. The molecule has 0 atom stereocenters. The van der Waals surface area contributed by atoms with Crippen molar-refractivity contribution < 1.29 is 17.6 Å². The molecule has 1 aromatic heterocycles. The number of nitrogens with one attached hydrogen (secondary N) is 2. The highest BCUT2D eigenvalue weighted by Gasteiger charge is 2.22. The first kappa shape index (κ1) is 20.5. The molecule has 0 unspecified atom stereocenters. The number of rotatable bonds is 5. The van der Waals surface area contributed by atoms with Crippen molar-refractivity contribution >= 4 is 62.9 Å². The van der Waals surface area contributed by atoms with Crippen LogP contribution in [0.2, 0.25) is 5.02 Å². The van der Waals surface area contributed by atoms with Crippen LogP contribution in [0, 0.1) is 26.0 Å². The molecule has 11 heteroatoms. The van der Waals surface area contributed by atoms with E-state index in [4.69, 9.17) is 22.4 Å². The quantitative estimate of drug-likeness (QED) is 0.216. The Balaban J connectivity index is 2.40. The van der Waals surface area contributed by atoms with E-state index in [1.165, 1.54) is 12.1 Å². The molecule has 0 fully saturated rings. The van der Waals surface area contributed by atoms with Gasteiger partial charge in [-0.15, -0.1) is 0 Å². The van der Waals surface area contributed by atoms with E-state index in [9.17, 15) is 17.6 Å². The molecular weight excluding hydrogens is 513 g/mol. The third-order valence-corrected chi connectivity index (χ3v) is 4.73. The second-order valence-corrected chi connectivity index (χ2v) is 7.32. The van der Waals surface area contributed by atoms with Gasteiger partial charge in [-0.1, -0.05) is 11.6 Å². The molecule has 28 heavy (non-hydrogen) atoms. The lowest BCUT2D eigenvalue weighted by Crippen LogP contribution is -2.31. The number of halogens is 6. The number of aromatic nitrogens is 2. The molecule has 0 amide bonds. The molecule has 2 aromatic carbocycles. The molecule has 1 heterocycles. The maximum Gasteiger partial charge on any atom is 0.256 e. The van der Waals surface area contributed by atoms with Crippen LogP contribution in [0.1, 0.15) is 0 Å². The molecule has 0 saturated carbocycles. The van der Waals surface area contributed by atoms with E-state index in [-0.39, 0.29) is 27.4 Å². The number of nitrogens with zero attached hydrogens (tertiary/aromatic N) is 3. The van der Waals surface area contributed by atoms with Crippen LogP contribution >= 0.6 is 34.2 Å². The zero-order valence-corrected chi connectivity index (χ0v) is 16.8. The van der Waals surface area contributed by atoms with Crippen LogP contribution in [0.3, 0.4) is 0 Å². The zero-order valence-electron chi connectivity index (χ0n) is 13.9. The average molecular weight is 524 g/mol. The van der Waals surface area contributed by atoms with Crippen LogP contribution in [0.15, 0.2) is 30.3 Å². The van der Waals surface area contributed by atoms with E-state index in [1.54, 1.807) is 0 Å². The van der Waals surface area contributed by atoms with Gasteiger partial charge in [-0.05, 0) is 52.9 Å². The van der Waals surface area contributed by atoms with E-state index in [0.717, 1.165) is 34.0 Å². The Morgan fingerprint density at radius 1 is 1.18 bits per heavy atom. The summed E-state index contributed by atoms with van der Waals surface area (Å²) >= 11 is 7.93. The lowest BCUT2D eigenvalue weighted by Gasteiger charge is -2.26. The molecule has 0 aliphatic rings. The lowest BCUT2D eigenvalue weighted by atomic mass is 10.2. The van der Waals surface area contributed by atoms with Gasteiger partial charge in [-0.2, -0.15) is 4.98 Å². The number of alkyl halides is 2. The molecule has 0 bridgehead atoms. The fraction of sp³-hybridized carbons (Fsp3) is 0.118. The summed E-state index contributed by atoms with van der Waals surface area (Å²) in [6.45, 7) is -0.871. The maximum atomic E-state index is 14.0. The minimum Gasteiger partial charge on any atom is -0.320 e. The summed E-state index contributed by atoms with van der Waals surface area (Å²) in [6.07, 6.45) is -2.07. The molecule has 0 aliphatic heterocycles. The second-order valence-electron chi connectivity index (χ2n) is 5.67. The smallest absolute Gasteiger partial charge is 0.256 e. The highest BCUT2D eigenvalue weighted by molar-refractivity contribution is 14.1. The van der Waals surface area contributed by atoms with Gasteiger partial charge in [0, 0.05) is 14.6 Å². The Labute approximate surface area is 174 Å². The molecule has 146 valence electrons. The summed E-state index contributed by atoms with van der Waals surface area (Å²) in [5, 5.41) is 15.4. The highest BCUT2D eigenvalue weighted by Crippen LogP contribution is 2.34. The van der Waals surface area contributed by atoms with Gasteiger partial charge in [-0.25, -0.2) is 17.6 Å². The number of hydrogen-bond donors (Lipinski definition) is 2. The topological polar surface area (TPSA) is 68.8 Å². The monoisotopic (exact) mass is 523 g/mol. The fourth-order valence-electron chi connectivity index (χ4n) is 2.78. The Morgan fingerprint density at radius 2 is 1.86 bits per heavy atom. The molecule has 3 rings (SSSR count). The summed E-state index contributed by atoms with van der Waals surface area (Å²) in [4.78, 5) is 4.96. The summed E-state index contributed by atoms with van der Waals surface area (Å²) in [6, 6.07) is 5.72. The van der Waals surface area contributed by atoms with Crippen molar-refractivity contribution in [2.75, 3.05) is 11.4 Å². The van der Waals surface area contributed by atoms with Gasteiger partial charge in [0.05, 0.1) is 23.4 Å². The van der Waals surface area contributed by atoms with Crippen molar-refractivity contribution in [3.63, 3.8) is 0 Å². The Kier molecular flexibility index (Phi) is 5.89. The van der Waals surface area contributed by atoms with E-state index >= 15 is 0 Å². The summed E-state index contributed by atoms with van der Waals surface area (Å²) in [5.74, 6) is -1.59. The van der Waals surface area contributed by atoms with Crippen molar-refractivity contribution in [2.24, 2.45) is 0 Å². The van der Waals surface area contributed by atoms with Crippen molar-refractivity contribution in [2.45, 2.75) is 6.43 Å². The average Bonchev–Trinajstić information content (AvgIpc) is 2.58. The molecule has 2 N–H and O–H groups in total. The highest BCUT2D eigenvalue weighted by atomic mass is 127. The number of anilines is 2. The van der Waals surface area contributed by atoms with Gasteiger partial charge in [0.25, 0.3) is 6.43 Å². The van der Waals surface area contributed by atoms with Gasteiger partial charge >= 0.3 is 0 Å². The van der Waals surface area contributed by atoms with Crippen molar-refractivity contribution in [1.29, 1.82) is 10.8 Å². The third-order valence-electron chi connectivity index (χ3n) is 3.81. The standard InChI is InChI=1S/C17H11ClF4IN5/c18-13-4-9(20)3-12-15(13)28(7-24)17(25)26-16(12)27(6-14(21)22)11-2-8(19)1-10(23)5-11/h1-5,7,14,24-25H,6H2. The van der Waals surface area contributed by atoms with E-state index < -0.39 is 30.2 Å². The second kappa shape index (κ2) is 8.03. The first-order chi connectivity index (χ1) is 13.2. The van der Waals surface area contributed by atoms with Crippen LogP contribution in [-0.2, 0) is 0 Å². The molecule has 0 radical (unpaired) electrons. The van der Waals surface area contributed by atoms with E-state index in [0.29, 0.717) is 3.57 Å². The normalized spacial score (nSPS) is 11.2. The minimum atomic E-state index is -2.83. The number of hydrogen-bond acceptors (Lipinski definition) is 4. The number of fused-ring (bicyclic) bond motifs is 1. The summed E-state index contributed by atoms with van der Waals surface area (Å²) in [7, 11) is 0. The SMILES string of the molecule is N=Cn1c(=N)nc(N(CC(F)F)c2cc(F)cc(I)c2)c2cc(F)cc(Cl)c21. The molecular formula is C17H11ClF4IN5. The van der Waals surface area contributed by atoms with Crippen LogP contribution < -0.4 is 10.5 Å². The van der Waals surface area contributed by atoms with Gasteiger partial charge in [-0.3, -0.25) is 15.4 Å². The van der Waals surface area contributed by atoms with E-state index in [1.807, 2.05) is 22.6 Å². The van der Waals surface area contributed by atoms with Gasteiger partial charge in [0.15, 0.2) is 0 Å². The molecule has 5 nitrogen and oxygen atoms in total. The van der Waals surface area contributed by atoms with Crippen molar-refractivity contribution in [1.82, 2.24) is 9.55 Å². The van der Waals surface area contributed by atoms with Crippen LogP contribution in [0.5, 0.6) is 0 Å².